The fraction of sp³-hybridized carbons (Fsp3) is 0.350. The van der Waals surface area contributed by atoms with Gasteiger partial charge in [0.05, 0.1) is 13.2 Å². The number of nitrogens with one attached hydrogen (secondary N) is 1. The van der Waals surface area contributed by atoms with Crippen LogP contribution in [0.3, 0.4) is 0 Å². The lowest BCUT2D eigenvalue weighted by atomic mass is 10.2. The monoisotopic (exact) mass is 325 g/mol. The van der Waals surface area contributed by atoms with Crippen molar-refractivity contribution < 1.29 is 14.7 Å². The van der Waals surface area contributed by atoms with E-state index in [0.717, 1.165) is 31.6 Å². The third kappa shape index (κ3) is 4.15. The summed E-state index contributed by atoms with van der Waals surface area (Å²) < 4.78 is 5.42. The van der Waals surface area contributed by atoms with Gasteiger partial charge in [-0.25, -0.2) is 0 Å². The minimum atomic E-state index is 0.176. The van der Waals surface area contributed by atoms with Crippen molar-refractivity contribution >= 4 is 6.21 Å². The van der Waals surface area contributed by atoms with Gasteiger partial charge in [-0.3, -0.25) is 4.99 Å². The van der Waals surface area contributed by atoms with Crippen molar-refractivity contribution in [2.75, 3.05) is 19.7 Å². The molecule has 0 aromatic heterocycles. The molecular weight excluding hydrogens is 300 g/mol. The van der Waals surface area contributed by atoms with Crippen LogP contribution >= 0.6 is 0 Å². The molecule has 1 aliphatic rings. The summed E-state index contributed by atoms with van der Waals surface area (Å²) in [5.74, 6) is 0.693. The van der Waals surface area contributed by atoms with E-state index in [-0.39, 0.29) is 5.75 Å². The highest BCUT2D eigenvalue weighted by molar-refractivity contribution is 5.84. The summed E-state index contributed by atoms with van der Waals surface area (Å²) in [4.78, 5) is 6.25. The summed E-state index contributed by atoms with van der Waals surface area (Å²) in [6, 6.07) is 16.4. The molecule has 2 aromatic carbocycles. The molecule has 2 atom stereocenters. The summed E-state index contributed by atoms with van der Waals surface area (Å²) in [5, 5.41) is 10.2. The first kappa shape index (κ1) is 16.5. The number of para-hydroxylation sites is 1. The third-order valence-electron chi connectivity index (χ3n) is 4.41. The SMILES string of the molecule is CCOc1cccc(C=N[C@H]2CC[NH+](Cc3ccccc3)C2)c1O. The van der Waals surface area contributed by atoms with Gasteiger partial charge in [0.25, 0.3) is 0 Å². The first-order valence-electron chi connectivity index (χ1n) is 8.61. The Labute approximate surface area is 143 Å². The zero-order valence-corrected chi connectivity index (χ0v) is 14.1. The number of aromatic hydroxyl groups is 1. The number of nitrogens with zero attached hydrogens (tertiary/aromatic N) is 1. The number of ether oxygens (including phenoxy) is 1. The van der Waals surface area contributed by atoms with Gasteiger partial charge in [-0.15, -0.1) is 0 Å². The second-order valence-electron chi connectivity index (χ2n) is 6.21. The van der Waals surface area contributed by atoms with Crippen molar-refractivity contribution in [1.29, 1.82) is 0 Å². The third-order valence-corrected chi connectivity index (χ3v) is 4.41. The Balaban J connectivity index is 1.59. The van der Waals surface area contributed by atoms with Crippen LogP contribution in [0.25, 0.3) is 0 Å². The Morgan fingerprint density at radius 1 is 1.21 bits per heavy atom. The zero-order valence-electron chi connectivity index (χ0n) is 14.1. The van der Waals surface area contributed by atoms with Crippen LogP contribution < -0.4 is 9.64 Å². The fourth-order valence-electron chi connectivity index (χ4n) is 3.18. The van der Waals surface area contributed by atoms with Crippen LogP contribution in [0.2, 0.25) is 0 Å². The zero-order chi connectivity index (χ0) is 16.8. The average Bonchev–Trinajstić information content (AvgIpc) is 3.04. The maximum Gasteiger partial charge on any atom is 0.166 e. The number of rotatable bonds is 6. The molecule has 1 aliphatic heterocycles. The molecule has 1 heterocycles. The van der Waals surface area contributed by atoms with Crippen LogP contribution in [0.5, 0.6) is 11.5 Å². The molecule has 4 heteroatoms. The Hall–Kier alpha value is -2.33. The smallest absolute Gasteiger partial charge is 0.166 e. The first-order chi connectivity index (χ1) is 11.8. The Bertz CT molecular complexity index is 685. The number of phenols is 1. The second kappa shape index (κ2) is 7.97. The molecule has 0 aliphatic carbocycles. The van der Waals surface area contributed by atoms with Crippen molar-refractivity contribution in [1.82, 2.24) is 0 Å². The lowest BCUT2D eigenvalue weighted by molar-refractivity contribution is -0.901. The molecule has 1 saturated heterocycles. The van der Waals surface area contributed by atoms with Gasteiger partial charge >= 0.3 is 0 Å². The molecule has 0 saturated carbocycles. The number of phenolic OH excluding ortho intramolecular Hbond substituents is 1. The van der Waals surface area contributed by atoms with E-state index in [9.17, 15) is 5.11 Å². The van der Waals surface area contributed by atoms with Gasteiger partial charge in [0, 0.05) is 23.8 Å². The topological polar surface area (TPSA) is 46.3 Å². The number of hydrogen-bond acceptors (Lipinski definition) is 3. The van der Waals surface area contributed by atoms with E-state index in [2.05, 4.69) is 35.3 Å². The highest BCUT2D eigenvalue weighted by Gasteiger charge is 2.25. The number of benzene rings is 2. The van der Waals surface area contributed by atoms with Crippen LogP contribution in [-0.4, -0.2) is 37.1 Å². The molecule has 1 unspecified atom stereocenters. The lowest BCUT2D eigenvalue weighted by Gasteiger charge is -2.12. The van der Waals surface area contributed by atoms with Crippen molar-refractivity contribution in [3.63, 3.8) is 0 Å². The van der Waals surface area contributed by atoms with Crippen LogP contribution in [0.15, 0.2) is 53.5 Å². The second-order valence-corrected chi connectivity index (χ2v) is 6.21. The van der Waals surface area contributed by atoms with E-state index in [0.29, 0.717) is 18.4 Å². The Morgan fingerprint density at radius 2 is 2.04 bits per heavy atom. The van der Waals surface area contributed by atoms with E-state index in [1.807, 2.05) is 19.1 Å². The van der Waals surface area contributed by atoms with E-state index < -0.39 is 0 Å². The lowest BCUT2D eigenvalue weighted by Crippen LogP contribution is -3.09. The Morgan fingerprint density at radius 3 is 2.83 bits per heavy atom. The fourth-order valence-corrected chi connectivity index (χ4v) is 3.18. The van der Waals surface area contributed by atoms with Gasteiger partial charge in [-0.05, 0) is 19.1 Å². The molecule has 4 nitrogen and oxygen atoms in total. The van der Waals surface area contributed by atoms with E-state index in [4.69, 9.17) is 4.74 Å². The molecule has 0 radical (unpaired) electrons. The van der Waals surface area contributed by atoms with Gasteiger partial charge in [0.1, 0.15) is 19.1 Å². The van der Waals surface area contributed by atoms with Crippen LogP contribution in [0, 0.1) is 0 Å². The van der Waals surface area contributed by atoms with E-state index in [1.54, 1.807) is 17.2 Å². The normalized spacial score (nSPS) is 20.5. The van der Waals surface area contributed by atoms with Crippen LogP contribution in [0.1, 0.15) is 24.5 Å². The maximum absolute atomic E-state index is 10.2. The highest BCUT2D eigenvalue weighted by atomic mass is 16.5. The molecule has 2 aromatic rings. The van der Waals surface area contributed by atoms with E-state index in [1.165, 1.54) is 5.56 Å². The summed E-state index contributed by atoms with van der Waals surface area (Å²) >= 11 is 0. The summed E-state index contributed by atoms with van der Waals surface area (Å²) in [5.41, 5.74) is 2.09. The van der Waals surface area contributed by atoms with Crippen molar-refractivity contribution in [2.24, 2.45) is 4.99 Å². The van der Waals surface area contributed by atoms with Gasteiger partial charge in [-0.1, -0.05) is 36.4 Å². The molecule has 3 rings (SSSR count). The molecular formula is C20H25N2O2+. The summed E-state index contributed by atoms with van der Waals surface area (Å²) in [6.45, 7) is 5.68. The molecule has 0 amide bonds. The largest absolute Gasteiger partial charge is 0.504 e. The molecule has 2 N–H and O–H groups in total. The van der Waals surface area contributed by atoms with Crippen molar-refractivity contribution in [3.8, 4) is 11.5 Å². The molecule has 126 valence electrons. The van der Waals surface area contributed by atoms with Gasteiger partial charge in [0.15, 0.2) is 11.5 Å². The predicted molar refractivity (Wildman–Crippen MR) is 96.1 cm³/mol. The number of likely N-dealkylation sites (tertiary alicyclic amines) is 1. The first-order valence-corrected chi connectivity index (χ1v) is 8.61. The standard InChI is InChI=1S/C20H24N2O2/c1-2-24-19-10-6-9-17(20(19)23)13-21-18-11-12-22(15-18)14-16-7-4-3-5-8-16/h3-10,13,18,23H,2,11-12,14-15H2,1H3/p+1/t18-/m0/s1. The van der Waals surface area contributed by atoms with Crippen LogP contribution in [0.4, 0.5) is 0 Å². The molecule has 0 bridgehead atoms. The number of quaternary nitrogens is 1. The van der Waals surface area contributed by atoms with Crippen molar-refractivity contribution in [3.05, 3.63) is 59.7 Å². The minimum absolute atomic E-state index is 0.176. The number of hydrogen-bond donors (Lipinski definition) is 2. The van der Waals surface area contributed by atoms with Gasteiger partial charge in [0.2, 0.25) is 0 Å². The van der Waals surface area contributed by atoms with Gasteiger partial charge in [-0.2, -0.15) is 0 Å². The molecule has 0 spiro atoms. The van der Waals surface area contributed by atoms with Crippen molar-refractivity contribution in [2.45, 2.75) is 25.9 Å². The molecule has 1 fully saturated rings. The minimum Gasteiger partial charge on any atom is -0.504 e. The summed E-state index contributed by atoms with van der Waals surface area (Å²) in [7, 11) is 0. The summed E-state index contributed by atoms with van der Waals surface area (Å²) in [6.07, 6.45) is 2.87. The number of aliphatic imine (C=N–C) groups is 1. The van der Waals surface area contributed by atoms with Crippen LogP contribution in [-0.2, 0) is 6.54 Å². The average molecular weight is 325 g/mol. The quantitative estimate of drug-likeness (QED) is 0.799. The Kier molecular flexibility index (Phi) is 5.49. The predicted octanol–water partition coefficient (Wildman–Crippen LogP) is 2.07. The maximum atomic E-state index is 10.2. The highest BCUT2D eigenvalue weighted by Crippen LogP contribution is 2.28. The van der Waals surface area contributed by atoms with Gasteiger partial charge < -0.3 is 14.7 Å². The molecule has 24 heavy (non-hydrogen) atoms. The van der Waals surface area contributed by atoms with E-state index >= 15 is 0 Å².